The van der Waals surface area contributed by atoms with Gasteiger partial charge in [-0.15, -0.1) is 0 Å². The minimum atomic E-state index is -0.710. The molecular weight excluding hydrogens is 385 g/mol. The van der Waals surface area contributed by atoms with Crippen LogP contribution in [0.2, 0.25) is 5.02 Å². The van der Waals surface area contributed by atoms with Gasteiger partial charge < -0.3 is 20.1 Å². The molecule has 3 aromatic rings. The summed E-state index contributed by atoms with van der Waals surface area (Å²) in [6.07, 6.45) is 1.62. The fourth-order valence-corrected chi connectivity index (χ4v) is 3.06. The molecule has 2 N–H and O–H groups in total. The van der Waals surface area contributed by atoms with E-state index in [-0.39, 0.29) is 30.4 Å². The number of anilines is 1. The Kier molecular flexibility index (Phi) is 6.28. The van der Waals surface area contributed by atoms with Crippen molar-refractivity contribution in [1.29, 1.82) is 0 Å². The van der Waals surface area contributed by atoms with Gasteiger partial charge in [0.15, 0.2) is 5.82 Å². The number of rotatable bonds is 6. The van der Waals surface area contributed by atoms with Crippen molar-refractivity contribution in [3.63, 3.8) is 0 Å². The van der Waals surface area contributed by atoms with Gasteiger partial charge in [-0.1, -0.05) is 35.9 Å². The zero-order valence-electron chi connectivity index (χ0n) is 15.2. The van der Waals surface area contributed by atoms with Crippen molar-refractivity contribution in [1.82, 2.24) is 9.88 Å². The quantitative estimate of drug-likeness (QED) is 0.650. The Morgan fingerprint density at radius 2 is 2.00 bits per heavy atom. The monoisotopic (exact) mass is 403 g/mol. The van der Waals surface area contributed by atoms with Crippen molar-refractivity contribution < 1.29 is 19.0 Å². The summed E-state index contributed by atoms with van der Waals surface area (Å²) >= 11 is 5.76. The average molecular weight is 404 g/mol. The number of hydrogen-bond acceptors (Lipinski definition) is 4. The van der Waals surface area contributed by atoms with Crippen LogP contribution in [0.3, 0.4) is 0 Å². The molecular formula is C20H19ClFN3O3. The van der Waals surface area contributed by atoms with Gasteiger partial charge in [0.25, 0.3) is 0 Å². The molecule has 3 rings (SSSR count). The molecule has 0 unspecified atom stereocenters. The highest BCUT2D eigenvalue weighted by Gasteiger charge is 2.18. The number of halogens is 2. The van der Waals surface area contributed by atoms with E-state index in [0.717, 1.165) is 16.3 Å². The number of urea groups is 1. The van der Waals surface area contributed by atoms with Crippen LogP contribution < -0.4 is 10.1 Å². The SMILES string of the molecule is COc1ncc(CN(CCO)C(=O)Nc2cccc(Cl)c2F)c2ccccc12. The van der Waals surface area contributed by atoms with E-state index in [0.29, 0.717) is 5.88 Å². The lowest BCUT2D eigenvalue weighted by Crippen LogP contribution is -2.36. The molecule has 8 heteroatoms. The summed E-state index contributed by atoms with van der Waals surface area (Å²) in [6.45, 7) is -0.00652. The van der Waals surface area contributed by atoms with Crippen molar-refractivity contribution in [2.75, 3.05) is 25.6 Å². The van der Waals surface area contributed by atoms with E-state index < -0.39 is 11.8 Å². The second-order valence-corrected chi connectivity index (χ2v) is 6.42. The maximum Gasteiger partial charge on any atom is 0.322 e. The van der Waals surface area contributed by atoms with Gasteiger partial charge in [-0.25, -0.2) is 14.2 Å². The van der Waals surface area contributed by atoms with E-state index >= 15 is 0 Å². The summed E-state index contributed by atoms with van der Waals surface area (Å²) in [5.41, 5.74) is 0.740. The summed E-state index contributed by atoms with van der Waals surface area (Å²) in [5, 5.41) is 13.5. The van der Waals surface area contributed by atoms with Crippen molar-refractivity contribution in [2.24, 2.45) is 0 Å². The Hall–Kier alpha value is -2.90. The molecule has 146 valence electrons. The summed E-state index contributed by atoms with van der Waals surface area (Å²) in [6, 6.07) is 11.3. The number of nitrogens with zero attached hydrogens (tertiary/aromatic N) is 2. The molecule has 0 saturated carbocycles. The van der Waals surface area contributed by atoms with Crippen LogP contribution in [0.5, 0.6) is 5.88 Å². The second-order valence-electron chi connectivity index (χ2n) is 6.01. The summed E-state index contributed by atoms with van der Waals surface area (Å²) in [4.78, 5) is 18.3. The Bertz CT molecular complexity index is 1000. The van der Waals surface area contributed by atoms with Crippen LogP contribution in [0.25, 0.3) is 10.8 Å². The average Bonchev–Trinajstić information content (AvgIpc) is 2.71. The molecule has 2 amide bonds. The van der Waals surface area contributed by atoms with Crippen molar-refractivity contribution in [3.05, 3.63) is 65.1 Å². The minimum absolute atomic E-state index is 0.0295. The van der Waals surface area contributed by atoms with Gasteiger partial charge in [-0.2, -0.15) is 0 Å². The number of carbonyl (C=O) groups excluding carboxylic acids is 1. The lowest BCUT2D eigenvalue weighted by Gasteiger charge is -2.23. The molecule has 0 aliphatic carbocycles. The lowest BCUT2D eigenvalue weighted by molar-refractivity contribution is 0.185. The molecule has 6 nitrogen and oxygen atoms in total. The number of benzene rings is 2. The number of hydrogen-bond donors (Lipinski definition) is 2. The highest BCUT2D eigenvalue weighted by molar-refractivity contribution is 6.31. The number of carbonyl (C=O) groups is 1. The third kappa shape index (κ3) is 4.16. The van der Waals surface area contributed by atoms with Gasteiger partial charge in [0.2, 0.25) is 5.88 Å². The smallest absolute Gasteiger partial charge is 0.322 e. The number of aromatic nitrogens is 1. The molecule has 1 aromatic heterocycles. The number of ether oxygens (including phenoxy) is 1. The topological polar surface area (TPSA) is 74.7 Å². The first-order valence-electron chi connectivity index (χ1n) is 8.56. The largest absolute Gasteiger partial charge is 0.481 e. The molecule has 28 heavy (non-hydrogen) atoms. The first-order chi connectivity index (χ1) is 13.5. The third-order valence-corrected chi connectivity index (χ3v) is 4.54. The van der Waals surface area contributed by atoms with Crippen LogP contribution >= 0.6 is 11.6 Å². The predicted molar refractivity (Wildman–Crippen MR) is 106 cm³/mol. The van der Waals surface area contributed by atoms with E-state index in [4.69, 9.17) is 16.3 Å². The third-order valence-electron chi connectivity index (χ3n) is 4.25. The predicted octanol–water partition coefficient (Wildman–Crippen LogP) is 4.06. The number of aliphatic hydroxyl groups excluding tert-OH is 1. The van der Waals surface area contributed by atoms with Gasteiger partial charge >= 0.3 is 6.03 Å². The van der Waals surface area contributed by atoms with E-state index in [1.165, 1.54) is 23.1 Å². The van der Waals surface area contributed by atoms with Crippen LogP contribution in [-0.2, 0) is 6.54 Å². The summed E-state index contributed by atoms with van der Waals surface area (Å²) < 4.78 is 19.4. The zero-order chi connectivity index (χ0) is 20.1. The highest BCUT2D eigenvalue weighted by Crippen LogP contribution is 2.27. The fraction of sp³-hybridized carbons (Fsp3) is 0.200. The van der Waals surface area contributed by atoms with E-state index in [2.05, 4.69) is 10.3 Å². The zero-order valence-corrected chi connectivity index (χ0v) is 15.9. The van der Waals surface area contributed by atoms with Crippen LogP contribution in [-0.4, -0.2) is 41.3 Å². The number of methoxy groups -OCH3 is 1. The first-order valence-corrected chi connectivity index (χ1v) is 8.94. The second kappa shape index (κ2) is 8.86. The maximum absolute atomic E-state index is 14.1. The molecule has 0 fully saturated rings. The molecule has 2 aromatic carbocycles. The molecule has 0 bridgehead atoms. The number of fused-ring (bicyclic) bond motifs is 1. The molecule has 1 heterocycles. The Morgan fingerprint density at radius 3 is 2.71 bits per heavy atom. The fourth-order valence-electron chi connectivity index (χ4n) is 2.89. The summed E-state index contributed by atoms with van der Waals surface area (Å²) in [5.74, 6) is -0.225. The maximum atomic E-state index is 14.1. The number of amides is 2. The molecule has 0 aliphatic rings. The van der Waals surface area contributed by atoms with Crippen molar-refractivity contribution in [2.45, 2.75) is 6.54 Å². The van der Waals surface area contributed by atoms with Gasteiger partial charge in [0.1, 0.15) is 0 Å². The van der Waals surface area contributed by atoms with Gasteiger partial charge in [0.05, 0.1) is 24.4 Å². The molecule has 0 saturated heterocycles. The molecule has 0 radical (unpaired) electrons. The Labute approximate surface area is 166 Å². The Balaban J connectivity index is 1.88. The Morgan fingerprint density at radius 1 is 1.25 bits per heavy atom. The van der Waals surface area contributed by atoms with E-state index in [9.17, 15) is 14.3 Å². The van der Waals surface area contributed by atoms with Gasteiger partial charge in [0, 0.05) is 24.7 Å². The van der Waals surface area contributed by atoms with Crippen molar-refractivity contribution >= 4 is 34.1 Å². The molecule has 0 atom stereocenters. The normalized spacial score (nSPS) is 10.7. The van der Waals surface area contributed by atoms with E-state index in [1.807, 2.05) is 24.3 Å². The molecule has 0 aliphatic heterocycles. The minimum Gasteiger partial charge on any atom is -0.481 e. The van der Waals surface area contributed by atoms with E-state index in [1.54, 1.807) is 13.3 Å². The first kappa shape index (κ1) is 19.9. The number of nitrogens with one attached hydrogen (secondary N) is 1. The number of pyridine rings is 1. The van der Waals surface area contributed by atoms with Crippen LogP contribution in [0.15, 0.2) is 48.7 Å². The molecule has 0 spiro atoms. The van der Waals surface area contributed by atoms with Crippen molar-refractivity contribution in [3.8, 4) is 5.88 Å². The van der Waals surface area contributed by atoms with Crippen LogP contribution in [0.4, 0.5) is 14.9 Å². The summed E-state index contributed by atoms with van der Waals surface area (Å²) in [7, 11) is 1.54. The van der Waals surface area contributed by atoms with Gasteiger partial charge in [-0.05, 0) is 29.1 Å². The number of aliphatic hydroxyl groups is 1. The van der Waals surface area contributed by atoms with Gasteiger partial charge in [-0.3, -0.25) is 0 Å². The van der Waals surface area contributed by atoms with Crippen LogP contribution in [0, 0.1) is 5.82 Å². The highest BCUT2D eigenvalue weighted by atomic mass is 35.5. The van der Waals surface area contributed by atoms with Crippen LogP contribution in [0.1, 0.15) is 5.56 Å². The standard InChI is InChI=1S/C20H19ClFN3O3/c1-28-19-15-6-3-2-5-14(15)13(11-23-19)12-25(9-10-26)20(27)24-17-8-4-7-16(21)18(17)22/h2-8,11,26H,9-10,12H2,1H3,(H,24,27). The lowest BCUT2D eigenvalue weighted by atomic mass is 10.1.